The highest BCUT2D eigenvalue weighted by Crippen LogP contribution is 2.37. The van der Waals surface area contributed by atoms with E-state index in [1.54, 1.807) is 48.5 Å². The fraction of sp³-hybridized carbons (Fsp3) is 0.167. The number of carbonyl (C=O) groups excluding carboxylic acids is 2. The molecule has 0 saturated heterocycles. The number of anilines is 3. The van der Waals surface area contributed by atoms with Crippen molar-refractivity contribution in [3.63, 3.8) is 0 Å². The molecule has 0 spiro atoms. The molecule has 0 fully saturated rings. The van der Waals surface area contributed by atoms with Gasteiger partial charge < -0.3 is 25.0 Å². The molecule has 7 nitrogen and oxygen atoms in total. The van der Waals surface area contributed by atoms with E-state index >= 15 is 0 Å². The lowest BCUT2D eigenvalue weighted by Crippen LogP contribution is -2.15. The van der Waals surface area contributed by atoms with Crippen LogP contribution in [0.25, 0.3) is 0 Å². The van der Waals surface area contributed by atoms with Crippen LogP contribution >= 0.6 is 0 Å². The first-order valence-corrected chi connectivity index (χ1v) is 9.64. The maximum Gasteiger partial charge on any atom is 0.255 e. The molecule has 0 aliphatic carbocycles. The van der Waals surface area contributed by atoms with Crippen LogP contribution in [-0.2, 0) is 0 Å². The van der Waals surface area contributed by atoms with Crippen LogP contribution in [0.5, 0.6) is 11.5 Å². The number of rotatable bonds is 7. The van der Waals surface area contributed by atoms with Gasteiger partial charge in [0.25, 0.3) is 11.8 Å². The Bertz CT molecular complexity index is 1060. The topological polar surface area (TPSA) is 79.9 Å². The van der Waals surface area contributed by atoms with E-state index in [0.717, 1.165) is 5.69 Å². The van der Waals surface area contributed by atoms with Crippen molar-refractivity contribution in [2.24, 2.45) is 0 Å². The average molecular weight is 419 g/mol. The molecule has 0 atom stereocenters. The molecule has 0 aromatic heterocycles. The smallest absolute Gasteiger partial charge is 0.255 e. The number of methoxy groups -OCH3 is 2. The zero-order valence-electron chi connectivity index (χ0n) is 17.9. The molecular weight excluding hydrogens is 394 g/mol. The zero-order chi connectivity index (χ0) is 22.4. The molecule has 0 bridgehead atoms. The first-order valence-electron chi connectivity index (χ1n) is 9.64. The summed E-state index contributed by atoms with van der Waals surface area (Å²) >= 11 is 0. The monoisotopic (exact) mass is 419 g/mol. The molecule has 2 N–H and O–H groups in total. The van der Waals surface area contributed by atoms with Crippen molar-refractivity contribution in [1.29, 1.82) is 0 Å². The minimum absolute atomic E-state index is 0.279. The third kappa shape index (κ3) is 5.14. The van der Waals surface area contributed by atoms with Gasteiger partial charge in [0.2, 0.25) is 0 Å². The second-order valence-electron chi connectivity index (χ2n) is 6.97. The van der Waals surface area contributed by atoms with Crippen LogP contribution in [0.4, 0.5) is 17.1 Å². The van der Waals surface area contributed by atoms with Gasteiger partial charge in [0.1, 0.15) is 11.5 Å². The summed E-state index contributed by atoms with van der Waals surface area (Å²) < 4.78 is 10.9. The lowest BCUT2D eigenvalue weighted by Gasteiger charge is -2.17. The van der Waals surface area contributed by atoms with Gasteiger partial charge in [-0.05, 0) is 36.4 Å². The standard InChI is InChI=1S/C24H25N3O4/c1-27(2)18-12-10-17(11-13-18)24(29)26-20-15-21(30-3)19(14-22(20)31-4)25-23(28)16-8-6-5-7-9-16/h5-15H,1-4H3,(H,25,28)(H,26,29). The SMILES string of the molecule is COc1cc(NC(=O)c2ccc(N(C)C)cc2)c(OC)cc1NC(=O)c1ccccc1. The fourth-order valence-corrected chi connectivity index (χ4v) is 2.98. The van der Waals surface area contributed by atoms with E-state index in [2.05, 4.69) is 10.6 Å². The van der Waals surface area contributed by atoms with Gasteiger partial charge >= 0.3 is 0 Å². The highest BCUT2D eigenvalue weighted by Gasteiger charge is 2.17. The third-order valence-electron chi connectivity index (χ3n) is 4.70. The molecule has 0 unspecified atom stereocenters. The molecule has 2 amide bonds. The molecule has 0 aliphatic rings. The Labute approximate surface area is 181 Å². The Balaban J connectivity index is 1.84. The van der Waals surface area contributed by atoms with Crippen LogP contribution in [-0.4, -0.2) is 40.1 Å². The van der Waals surface area contributed by atoms with E-state index in [0.29, 0.717) is 34.0 Å². The lowest BCUT2D eigenvalue weighted by atomic mass is 10.1. The Morgan fingerprint density at radius 1 is 0.710 bits per heavy atom. The molecule has 0 aliphatic heterocycles. The van der Waals surface area contributed by atoms with Crippen LogP contribution in [0, 0.1) is 0 Å². The van der Waals surface area contributed by atoms with Gasteiger partial charge in [-0.3, -0.25) is 9.59 Å². The summed E-state index contributed by atoms with van der Waals surface area (Å²) in [6.45, 7) is 0. The molecule has 3 rings (SSSR count). The molecule has 0 saturated carbocycles. The van der Waals surface area contributed by atoms with Gasteiger partial charge in [-0.1, -0.05) is 18.2 Å². The van der Waals surface area contributed by atoms with Gasteiger partial charge in [0, 0.05) is 43.0 Å². The predicted molar refractivity (Wildman–Crippen MR) is 123 cm³/mol. The van der Waals surface area contributed by atoms with Crippen molar-refractivity contribution in [3.05, 3.63) is 77.9 Å². The van der Waals surface area contributed by atoms with Crippen molar-refractivity contribution in [3.8, 4) is 11.5 Å². The summed E-state index contributed by atoms with van der Waals surface area (Å²) in [5, 5.41) is 5.66. The van der Waals surface area contributed by atoms with Crippen molar-refractivity contribution in [1.82, 2.24) is 0 Å². The molecular formula is C24H25N3O4. The van der Waals surface area contributed by atoms with Crippen LogP contribution in [0.3, 0.4) is 0 Å². The molecule has 3 aromatic rings. The minimum atomic E-state index is -0.285. The van der Waals surface area contributed by atoms with Gasteiger partial charge in [-0.2, -0.15) is 0 Å². The van der Waals surface area contributed by atoms with E-state index in [4.69, 9.17) is 9.47 Å². The van der Waals surface area contributed by atoms with Gasteiger partial charge in [-0.15, -0.1) is 0 Å². The predicted octanol–water partition coefficient (Wildman–Crippen LogP) is 4.27. The van der Waals surface area contributed by atoms with Crippen LogP contribution in [0.15, 0.2) is 66.7 Å². The van der Waals surface area contributed by atoms with E-state index in [1.165, 1.54) is 14.2 Å². The Morgan fingerprint density at radius 2 is 1.16 bits per heavy atom. The number of carbonyl (C=O) groups is 2. The van der Waals surface area contributed by atoms with Crippen LogP contribution in [0.1, 0.15) is 20.7 Å². The summed E-state index contributed by atoms with van der Waals surface area (Å²) in [4.78, 5) is 27.2. The molecule has 0 heterocycles. The molecule has 160 valence electrons. The number of nitrogens with zero attached hydrogens (tertiary/aromatic N) is 1. The number of amides is 2. The minimum Gasteiger partial charge on any atom is -0.494 e. The summed E-state index contributed by atoms with van der Waals surface area (Å²) in [5.74, 6) is 0.219. The summed E-state index contributed by atoms with van der Waals surface area (Å²) in [7, 11) is 6.85. The zero-order valence-corrected chi connectivity index (χ0v) is 17.9. The molecule has 0 radical (unpaired) electrons. The van der Waals surface area contributed by atoms with Crippen molar-refractivity contribution < 1.29 is 19.1 Å². The van der Waals surface area contributed by atoms with Crippen molar-refractivity contribution in [2.45, 2.75) is 0 Å². The highest BCUT2D eigenvalue weighted by atomic mass is 16.5. The van der Waals surface area contributed by atoms with E-state index < -0.39 is 0 Å². The average Bonchev–Trinajstić information content (AvgIpc) is 2.80. The van der Waals surface area contributed by atoms with E-state index in [-0.39, 0.29) is 11.8 Å². The first-order chi connectivity index (χ1) is 14.9. The molecule has 31 heavy (non-hydrogen) atoms. The Hall–Kier alpha value is -4.00. The maximum atomic E-state index is 12.7. The second-order valence-corrected chi connectivity index (χ2v) is 6.97. The fourth-order valence-electron chi connectivity index (χ4n) is 2.98. The van der Waals surface area contributed by atoms with Crippen molar-refractivity contribution in [2.75, 3.05) is 43.8 Å². The van der Waals surface area contributed by atoms with Crippen LogP contribution in [0.2, 0.25) is 0 Å². The summed E-state index contributed by atoms with van der Waals surface area (Å²) in [6.07, 6.45) is 0. The van der Waals surface area contributed by atoms with Crippen molar-refractivity contribution >= 4 is 28.9 Å². The lowest BCUT2D eigenvalue weighted by molar-refractivity contribution is 0.101. The third-order valence-corrected chi connectivity index (χ3v) is 4.70. The summed E-state index contributed by atoms with van der Waals surface area (Å²) in [5.41, 5.74) is 2.88. The quantitative estimate of drug-likeness (QED) is 0.598. The maximum absolute atomic E-state index is 12.7. The number of nitrogens with one attached hydrogen (secondary N) is 2. The number of benzene rings is 3. The second kappa shape index (κ2) is 9.67. The summed E-state index contributed by atoms with van der Waals surface area (Å²) in [6, 6.07) is 19.3. The molecule has 7 heteroatoms. The first kappa shape index (κ1) is 21.7. The number of ether oxygens (including phenoxy) is 2. The Morgan fingerprint density at radius 3 is 1.58 bits per heavy atom. The van der Waals surface area contributed by atoms with Gasteiger partial charge in [-0.25, -0.2) is 0 Å². The van der Waals surface area contributed by atoms with E-state index in [9.17, 15) is 9.59 Å². The number of hydrogen-bond acceptors (Lipinski definition) is 5. The van der Waals surface area contributed by atoms with Gasteiger partial charge in [0.15, 0.2) is 0 Å². The number of hydrogen-bond donors (Lipinski definition) is 2. The van der Waals surface area contributed by atoms with Crippen LogP contribution < -0.4 is 25.0 Å². The Kier molecular flexibility index (Phi) is 6.77. The van der Waals surface area contributed by atoms with Gasteiger partial charge in [0.05, 0.1) is 25.6 Å². The largest absolute Gasteiger partial charge is 0.494 e. The molecule has 3 aromatic carbocycles. The highest BCUT2D eigenvalue weighted by molar-refractivity contribution is 6.07. The van der Waals surface area contributed by atoms with E-state index in [1.807, 2.05) is 37.2 Å². The normalized spacial score (nSPS) is 10.2.